The third-order valence-electron chi connectivity index (χ3n) is 2.35. The second-order valence-electron chi connectivity index (χ2n) is 3.80. The first-order chi connectivity index (χ1) is 9.58. The smallest absolute Gasteiger partial charge is 0.340 e. The zero-order valence-corrected chi connectivity index (χ0v) is 12.1. The topological polar surface area (TPSA) is 92.2 Å². The summed E-state index contributed by atoms with van der Waals surface area (Å²) in [6.45, 7) is 1.60. The zero-order chi connectivity index (χ0) is 14.5. The number of aromatic nitrogens is 2. The Labute approximate surface area is 123 Å². The maximum absolute atomic E-state index is 11.8. The number of pyridine rings is 1. The molecule has 2 N–H and O–H groups in total. The molecule has 8 heteroatoms. The highest BCUT2D eigenvalue weighted by Crippen LogP contribution is 2.25. The first-order valence-electron chi connectivity index (χ1n) is 5.60. The van der Waals surface area contributed by atoms with Gasteiger partial charge in [-0.2, -0.15) is 4.37 Å². The molecule has 0 aliphatic carbocycles. The van der Waals surface area contributed by atoms with Crippen molar-refractivity contribution >= 4 is 40.2 Å². The van der Waals surface area contributed by atoms with Gasteiger partial charge in [-0.05, 0) is 30.6 Å². The number of aromatic carboxylic acids is 1. The zero-order valence-electron chi connectivity index (χ0n) is 10.5. The van der Waals surface area contributed by atoms with Gasteiger partial charge in [0.2, 0.25) is 5.91 Å². The summed E-state index contributed by atoms with van der Waals surface area (Å²) in [6.07, 6.45) is 3.30. The van der Waals surface area contributed by atoms with Crippen LogP contribution in [0.5, 0.6) is 0 Å². The number of amides is 1. The maximum Gasteiger partial charge on any atom is 0.340 e. The van der Waals surface area contributed by atoms with Crippen LogP contribution in [0, 0.1) is 6.92 Å². The maximum atomic E-state index is 11.8. The van der Waals surface area contributed by atoms with Crippen molar-refractivity contribution < 1.29 is 14.7 Å². The van der Waals surface area contributed by atoms with Gasteiger partial charge in [-0.1, -0.05) is 0 Å². The largest absolute Gasteiger partial charge is 0.478 e. The number of anilines is 1. The molecular weight excluding hydrogens is 298 g/mol. The molecule has 2 heterocycles. The quantitative estimate of drug-likeness (QED) is 0.823. The van der Waals surface area contributed by atoms with Crippen molar-refractivity contribution in [2.75, 3.05) is 11.1 Å². The number of hydrogen-bond donors (Lipinski definition) is 2. The monoisotopic (exact) mass is 309 g/mol. The van der Waals surface area contributed by atoms with Crippen LogP contribution in [0.1, 0.15) is 16.1 Å². The lowest BCUT2D eigenvalue weighted by Gasteiger charge is -2.03. The van der Waals surface area contributed by atoms with Crippen molar-refractivity contribution in [1.29, 1.82) is 0 Å². The summed E-state index contributed by atoms with van der Waals surface area (Å²) >= 11 is 2.33. The number of carbonyl (C=O) groups is 2. The molecule has 0 unspecified atom stereocenters. The number of carboxylic acid groups (broad SMARTS) is 1. The first-order valence-corrected chi connectivity index (χ1v) is 7.36. The van der Waals surface area contributed by atoms with Crippen LogP contribution in [0.2, 0.25) is 0 Å². The minimum absolute atomic E-state index is 0.0530. The molecule has 0 spiro atoms. The SMILES string of the molecule is Cc1nsc(NC(=O)CSc2ccncc2)c1C(=O)O. The molecule has 0 radical (unpaired) electrons. The van der Waals surface area contributed by atoms with Gasteiger partial charge in [0.1, 0.15) is 10.6 Å². The summed E-state index contributed by atoms with van der Waals surface area (Å²) in [4.78, 5) is 27.7. The Kier molecular flexibility index (Phi) is 4.70. The molecule has 2 aromatic rings. The van der Waals surface area contributed by atoms with Crippen molar-refractivity contribution in [2.45, 2.75) is 11.8 Å². The van der Waals surface area contributed by atoms with E-state index >= 15 is 0 Å². The highest BCUT2D eigenvalue weighted by molar-refractivity contribution is 8.00. The van der Waals surface area contributed by atoms with E-state index in [2.05, 4.69) is 14.7 Å². The van der Waals surface area contributed by atoms with Gasteiger partial charge in [-0.25, -0.2) is 4.79 Å². The minimum atomic E-state index is -1.09. The van der Waals surface area contributed by atoms with Crippen molar-refractivity contribution in [3.63, 3.8) is 0 Å². The second-order valence-corrected chi connectivity index (χ2v) is 5.62. The molecular formula is C12H11N3O3S2. The minimum Gasteiger partial charge on any atom is -0.478 e. The number of rotatable bonds is 5. The second kappa shape index (κ2) is 6.49. The molecule has 6 nitrogen and oxygen atoms in total. The van der Waals surface area contributed by atoms with Gasteiger partial charge in [-0.3, -0.25) is 9.78 Å². The molecule has 104 valence electrons. The summed E-state index contributed by atoms with van der Waals surface area (Å²) < 4.78 is 3.94. The predicted molar refractivity (Wildman–Crippen MR) is 77.4 cm³/mol. The van der Waals surface area contributed by atoms with E-state index in [1.165, 1.54) is 11.8 Å². The fourth-order valence-electron chi connectivity index (χ4n) is 1.45. The van der Waals surface area contributed by atoms with Crippen LogP contribution in [0.15, 0.2) is 29.4 Å². The summed E-state index contributed by atoms with van der Waals surface area (Å²) in [5, 5.41) is 11.9. The van der Waals surface area contributed by atoms with Gasteiger partial charge < -0.3 is 10.4 Å². The summed E-state index contributed by atoms with van der Waals surface area (Å²) in [7, 11) is 0. The van der Waals surface area contributed by atoms with Crippen molar-refractivity contribution in [2.24, 2.45) is 0 Å². The van der Waals surface area contributed by atoms with E-state index in [4.69, 9.17) is 5.11 Å². The van der Waals surface area contributed by atoms with E-state index < -0.39 is 5.97 Å². The summed E-state index contributed by atoms with van der Waals surface area (Å²) in [5.74, 6) is -1.16. The number of aryl methyl sites for hydroxylation is 1. The molecule has 0 saturated carbocycles. The summed E-state index contributed by atoms with van der Waals surface area (Å²) in [5.41, 5.74) is 0.455. The average Bonchev–Trinajstić information content (AvgIpc) is 2.78. The normalized spacial score (nSPS) is 10.2. The molecule has 0 aliphatic rings. The van der Waals surface area contributed by atoms with Crippen LogP contribution >= 0.6 is 23.3 Å². The number of carbonyl (C=O) groups excluding carboxylic acids is 1. The van der Waals surface area contributed by atoms with Gasteiger partial charge in [-0.15, -0.1) is 11.8 Å². The fraction of sp³-hybridized carbons (Fsp3) is 0.167. The van der Waals surface area contributed by atoms with Crippen LogP contribution in [0.3, 0.4) is 0 Å². The molecule has 0 fully saturated rings. The standard InChI is InChI=1S/C12H11N3O3S2/c1-7-10(12(17)18)11(20-15-7)14-9(16)6-19-8-2-4-13-5-3-8/h2-5H,6H2,1H3,(H,14,16)(H,17,18). The van der Waals surface area contributed by atoms with Crippen molar-refractivity contribution in [3.8, 4) is 0 Å². The lowest BCUT2D eigenvalue weighted by atomic mass is 10.2. The molecule has 0 bridgehead atoms. The molecule has 0 saturated heterocycles. The molecule has 2 rings (SSSR count). The van der Waals surface area contributed by atoms with Gasteiger partial charge >= 0.3 is 5.97 Å². The van der Waals surface area contributed by atoms with Crippen molar-refractivity contribution in [1.82, 2.24) is 9.36 Å². The molecule has 0 aliphatic heterocycles. The van der Waals surface area contributed by atoms with E-state index in [1.54, 1.807) is 31.5 Å². The summed E-state index contributed by atoms with van der Waals surface area (Å²) in [6, 6.07) is 3.61. The third kappa shape index (κ3) is 3.55. The van der Waals surface area contributed by atoms with Gasteiger partial charge in [0, 0.05) is 17.3 Å². The molecule has 1 amide bonds. The Morgan fingerprint density at radius 1 is 1.40 bits per heavy atom. The van der Waals surface area contributed by atoms with Gasteiger partial charge in [0.05, 0.1) is 11.4 Å². The van der Waals surface area contributed by atoms with E-state index in [0.29, 0.717) is 5.69 Å². The number of carboxylic acids is 1. The Morgan fingerprint density at radius 3 is 2.75 bits per heavy atom. The van der Waals surface area contributed by atoms with Crippen molar-refractivity contribution in [3.05, 3.63) is 35.8 Å². The number of hydrogen-bond acceptors (Lipinski definition) is 6. The van der Waals surface area contributed by atoms with E-state index in [1.807, 2.05) is 0 Å². The highest BCUT2D eigenvalue weighted by Gasteiger charge is 2.19. The molecule has 20 heavy (non-hydrogen) atoms. The van der Waals surface area contributed by atoms with Crippen LogP contribution in [0.25, 0.3) is 0 Å². The number of thioether (sulfide) groups is 1. The lowest BCUT2D eigenvalue weighted by molar-refractivity contribution is -0.113. The van der Waals surface area contributed by atoms with E-state index in [0.717, 1.165) is 16.4 Å². The Balaban J connectivity index is 1.97. The van der Waals surface area contributed by atoms with E-state index in [-0.39, 0.29) is 22.2 Å². The van der Waals surface area contributed by atoms with E-state index in [9.17, 15) is 9.59 Å². The highest BCUT2D eigenvalue weighted by atomic mass is 32.2. The van der Waals surface area contributed by atoms with Gasteiger partial charge in [0.15, 0.2) is 0 Å². The molecule has 2 aromatic heterocycles. The lowest BCUT2D eigenvalue weighted by Crippen LogP contribution is -2.15. The Hall–Kier alpha value is -1.93. The fourth-order valence-corrected chi connectivity index (χ4v) is 2.94. The predicted octanol–water partition coefficient (Wildman–Crippen LogP) is 2.28. The van der Waals surface area contributed by atoms with Crippen LogP contribution < -0.4 is 5.32 Å². The third-order valence-corrected chi connectivity index (χ3v) is 4.22. The Bertz CT molecular complexity index is 628. The van der Waals surface area contributed by atoms with Crippen LogP contribution in [-0.2, 0) is 4.79 Å². The van der Waals surface area contributed by atoms with Crippen LogP contribution in [0.4, 0.5) is 5.00 Å². The molecule has 0 atom stereocenters. The first kappa shape index (κ1) is 14.5. The Morgan fingerprint density at radius 2 is 2.10 bits per heavy atom. The van der Waals surface area contributed by atoms with Crippen LogP contribution in [-0.4, -0.2) is 32.1 Å². The average molecular weight is 309 g/mol. The molecule has 0 aromatic carbocycles. The number of nitrogens with zero attached hydrogens (tertiary/aromatic N) is 2. The number of nitrogens with one attached hydrogen (secondary N) is 1. The van der Waals surface area contributed by atoms with Gasteiger partial charge in [0.25, 0.3) is 0 Å².